The maximum atomic E-state index is 12.4. The Bertz CT molecular complexity index is 913. The van der Waals surface area contributed by atoms with Gasteiger partial charge in [-0.05, 0) is 25.7 Å². The van der Waals surface area contributed by atoms with E-state index in [1.807, 2.05) is 0 Å². The highest BCUT2D eigenvalue weighted by Gasteiger charge is 2.20. The average molecular weight is 907 g/mol. The van der Waals surface area contributed by atoms with Crippen molar-refractivity contribution in [2.75, 3.05) is 13.2 Å². The first-order chi connectivity index (χ1) is 31.5. The fourth-order valence-corrected chi connectivity index (χ4v) is 9.41. The highest BCUT2D eigenvalue weighted by atomic mass is 16.5. The van der Waals surface area contributed by atoms with Crippen molar-refractivity contribution < 1.29 is 24.5 Å². The number of carbonyl (C=O) groups is 2. The number of carbonyl (C=O) groups excluding carboxylic acids is 2. The van der Waals surface area contributed by atoms with Gasteiger partial charge in [0.2, 0.25) is 5.91 Å². The van der Waals surface area contributed by atoms with E-state index in [2.05, 4.69) is 19.2 Å². The second-order valence-corrected chi connectivity index (χ2v) is 20.3. The monoisotopic (exact) mass is 906 g/mol. The van der Waals surface area contributed by atoms with Crippen molar-refractivity contribution in [1.29, 1.82) is 0 Å². The molecule has 0 aromatic carbocycles. The van der Waals surface area contributed by atoms with E-state index in [4.69, 9.17) is 4.74 Å². The number of rotatable bonds is 55. The third kappa shape index (κ3) is 50.3. The minimum Gasteiger partial charge on any atom is -0.466 e. The summed E-state index contributed by atoms with van der Waals surface area (Å²) in [4.78, 5) is 24.5. The molecule has 0 spiro atoms. The summed E-state index contributed by atoms with van der Waals surface area (Å²) in [6, 6.07) is -0.538. The lowest BCUT2D eigenvalue weighted by atomic mass is 10.0. The predicted octanol–water partition coefficient (Wildman–Crippen LogP) is 17.9. The predicted molar refractivity (Wildman–Crippen MR) is 278 cm³/mol. The molecule has 3 N–H and O–H groups in total. The molecule has 6 nitrogen and oxygen atoms in total. The van der Waals surface area contributed by atoms with Crippen LogP contribution >= 0.6 is 0 Å². The zero-order chi connectivity index (χ0) is 46.5. The van der Waals surface area contributed by atoms with Gasteiger partial charge in [-0.2, -0.15) is 0 Å². The summed E-state index contributed by atoms with van der Waals surface area (Å²) in [5.41, 5.74) is 0. The van der Waals surface area contributed by atoms with Crippen molar-refractivity contribution >= 4 is 11.9 Å². The fourth-order valence-electron chi connectivity index (χ4n) is 9.41. The second kappa shape index (κ2) is 54.5. The van der Waals surface area contributed by atoms with Crippen LogP contribution in [0.4, 0.5) is 0 Å². The SMILES string of the molecule is CCCCCCCCCCCCCCCCCCC(=O)OCCCCCCCCCCCCCCCCCCCCCCCCC(=O)NC(CO)C(O)CCCCCCCCCCC. The molecular formula is C58H115NO5. The van der Waals surface area contributed by atoms with Gasteiger partial charge in [0.05, 0.1) is 25.4 Å². The van der Waals surface area contributed by atoms with Crippen LogP contribution in [-0.2, 0) is 14.3 Å². The molecule has 1 amide bonds. The van der Waals surface area contributed by atoms with Crippen molar-refractivity contribution in [3.05, 3.63) is 0 Å². The van der Waals surface area contributed by atoms with E-state index in [1.54, 1.807) is 0 Å². The molecule has 0 aliphatic rings. The highest BCUT2D eigenvalue weighted by Crippen LogP contribution is 2.18. The zero-order valence-electron chi connectivity index (χ0n) is 43.5. The number of hydrogen-bond donors (Lipinski definition) is 3. The lowest BCUT2D eigenvalue weighted by Crippen LogP contribution is -2.45. The zero-order valence-corrected chi connectivity index (χ0v) is 43.5. The molecule has 2 unspecified atom stereocenters. The molecule has 0 aromatic rings. The summed E-state index contributed by atoms with van der Waals surface area (Å²) in [7, 11) is 0. The van der Waals surface area contributed by atoms with E-state index in [-0.39, 0.29) is 18.5 Å². The molecule has 0 aliphatic carbocycles. The number of hydrogen-bond acceptors (Lipinski definition) is 5. The molecule has 64 heavy (non-hydrogen) atoms. The third-order valence-electron chi connectivity index (χ3n) is 13.9. The Hall–Kier alpha value is -1.14. The number of nitrogens with one attached hydrogen (secondary N) is 1. The Labute approximate surface area is 400 Å². The first-order valence-corrected chi connectivity index (χ1v) is 29.3. The maximum absolute atomic E-state index is 12.4. The van der Waals surface area contributed by atoms with E-state index in [9.17, 15) is 19.8 Å². The molecule has 0 aliphatic heterocycles. The Kier molecular flexibility index (Phi) is 53.5. The van der Waals surface area contributed by atoms with Crippen molar-refractivity contribution in [2.45, 2.75) is 347 Å². The van der Waals surface area contributed by atoms with Crippen LogP contribution in [0.15, 0.2) is 0 Å². The van der Waals surface area contributed by atoms with Gasteiger partial charge in [0, 0.05) is 12.8 Å². The van der Waals surface area contributed by atoms with Gasteiger partial charge in [0.1, 0.15) is 0 Å². The first-order valence-electron chi connectivity index (χ1n) is 29.3. The van der Waals surface area contributed by atoms with Crippen LogP contribution in [-0.4, -0.2) is 47.4 Å². The summed E-state index contributed by atoms with van der Waals surface area (Å²) >= 11 is 0. The molecule has 0 saturated heterocycles. The van der Waals surface area contributed by atoms with Crippen molar-refractivity contribution in [3.8, 4) is 0 Å². The molecule has 0 aromatic heterocycles. The normalized spacial score (nSPS) is 12.5. The lowest BCUT2D eigenvalue weighted by molar-refractivity contribution is -0.143. The van der Waals surface area contributed by atoms with Crippen LogP contribution in [0.2, 0.25) is 0 Å². The maximum Gasteiger partial charge on any atom is 0.305 e. The van der Waals surface area contributed by atoms with Crippen molar-refractivity contribution in [1.82, 2.24) is 5.32 Å². The van der Waals surface area contributed by atoms with Gasteiger partial charge in [-0.15, -0.1) is 0 Å². The lowest BCUT2D eigenvalue weighted by Gasteiger charge is -2.22. The van der Waals surface area contributed by atoms with Crippen LogP contribution < -0.4 is 5.32 Å². The van der Waals surface area contributed by atoms with Gasteiger partial charge in [-0.1, -0.05) is 296 Å². The van der Waals surface area contributed by atoms with Gasteiger partial charge >= 0.3 is 5.97 Å². The molecule has 0 bridgehead atoms. The quantitative estimate of drug-likeness (QED) is 0.0417. The van der Waals surface area contributed by atoms with E-state index >= 15 is 0 Å². The van der Waals surface area contributed by atoms with Gasteiger partial charge in [-0.25, -0.2) is 0 Å². The minimum absolute atomic E-state index is 0.0173. The molecule has 6 heteroatoms. The highest BCUT2D eigenvalue weighted by molar-refractivity contribution is 5.76. The fraction of sp³-hybridized carbons (Fsp3) is 0.966. The van der Waals surface area contributed by atoms with Crippen molar-refractivity contribution in [3.63, 3.8) is 0 Å². The van der Waals surface area contributed by atoms with Gasteiger partial charge in [-0.3, -0.25) is 9.59 Å². The van der Waals surface area contributed by atoms with Crippen LogP contribution in [0.3, 0.4) is 0 Å². The Morgan fingerprint density at radius 2 is 0.641 bits per heavy atom. The van der Waals surface area contributed by atoms with Gasteiger partial charge in [0.15, 0.2) is 0 Å². The average Bonchev–Trinajstić information content (AvgIpc) is 3.29. The molecule has 0 radical (unpaired) electrons. The Balaban J connectivity index is 3.32. The van der Waals surface area contributed by atoms with E-state index in [1.165, 1.54) is 263 Å². The van der Waals surface area contributed by atoms with Gasteiger partial charge < -0.3 is 20.3 Å². The first kappa shape index (κ1) is 62.9. The van der Waals surface area contributed by atoms with Crippen LogP contribution in [0.1, 0.15) is 335 Å². The molecule has 382 valence electrons. The summed E-state index contributed by atoms with van der Waals surface area (Å²) in [5.74, 6) is -0.0186. The minimum atomic E-state index is -0.660. The number of aliphatic hydroxyl groups is 2. The Morgan fingerprint density at radius 1 is 0.375 bits per heavy atom. The standard InChI is InChI=1S/C58H115NO5/c1-3-5-7-9-11-13-14-15-16-26-29-32-36-40-44-48-52-58(63)64-53-49-45-41-37-33-30-27-24-22-20-18-17-19-21-23-25-28-31-35-39-43-47-51-57(62)59-55(54-60)56(61)50-46-42-38-34-12-10-8-6-4-2/h55-56,60-61H,3-54H2,1-2H3,(H,59,62). The van der Waals surface area contributed by atoms with E-state index in [0.29, 0.717) is 25.9 Å². The molecule has 0 saturated carbocycles. The molecular weight excluding hydrogens is 791 g/mol. The van der Waals surface area contributed by atoms with Crippen LogP contribution in [0.25, 0.3) is 0 Å². The number of amides is 1. The summed E-state index contributed by atoms with van der Waals surface area (Å²) < 4.78 is 5.49. The summed E-state index contributed by atoms with van der Waals surface area (Å²) in [6.07, 6.45) is 62.5. The van der Waals surface area contributed by atoms with E-state index in [0.717, 1.165) is 38.5 Å². The number of ether oxygens (including phenoxy) is 1. The Morgan fingerprint density at radius 3 is 0.953 bits per heavy atom. The van der Waals surface area contributed by atoms with E-state index < -0.39 is 12.1 Å². The largest absolute Gasteiger partial charge is 0.466 e. The molecule has 0 heterocycles. The molecule has 0 rings (SSSR count). The molecule has 2 atom stereocenters. The van der Waals surface area contributed by atoms with Crippen LogP contribution in [0, 0.1) is 0 Å². The van der Waals surface area contributed by atoms with Gasteiger partial charge in [0.25, 0.3) is 0 Å². The molecule has 0 fully saturated rings. The number of esters is 1. The summed E-state index contributed by atoms with van der Waals surface area (Å²) in [6.45, 7) is 4.96. The third-order valence-corrected chi connectivity index (χ3v) is 13.9. The second-order valence-electron chi connectivity index (χ2n) is 20.3. The van der Waals surface area contributed by atoms with Crippen LogP contribution in [0.5, 0.6) is 0 Å². The summed E-state index contributed by atoms with van der Waals surface area (Å²) in [5, 5.41) is 23.1. The van der Waals surface area contributed by atoms with Crippen molar-refractivity contribution in [2.24, 2.45) is 0 Å². The number of aliphatic hydroxyl groups excluding tert-OH is 2. The smallest absolute Gasteiger partial charge is 0.305 e. The topological polar surface area (TPSA) is 95.9 Å². The number of unbranched alkanes of at least 4 members (excludes halogenated alkanes) is 44.